The highest BCUT2D eigenvalue weighted by Gasteiger charge is 2.18. The van der Waals surface area contributed by atoms with Gasteiger partial charge in [-0.1, -0.05) is 17.7 Å². The van der Waals surface area contributed by atoms with Crippen molar-refractivity contribution in [1.29, 1.82) is 0 Å². The van der Waals surface area contributed by atoms with E-state index in [2.05, 4.69) is 42.9 Å². The summed E-state index contributed by atoms with van der Waals surface area (Å²) >= 11 is 1.53. The minimum absolute atomic E-state index is 0.125. The zero-order valence-electron chi connectivity index (χ0n) is 17.2. The minimum Gasteiger partial charge on any atom is -0.325 e. The number of benzene rings is 2. The Morgan fingerprint density at radius 3 is 2.00 bits per heavy atom. The van der Waals surface area contributed by atoms with E-state index in [9.17, 15) is 13.2 Å². The molecule has 0 aliphatic carbocycles. The fourth-order valence-electron chi connectivity index (χ4n) is 2.92. The van der Waals surface area contributed by atoms with Gasteiger partial charge in [-0.05, 0) is 76.9 Å². The monoisotopic (exact) mass is 420 g/mol. The summed E-state index contributed by atoms with van der Waals surface area (Å²) in [7, 11) is -3.54. The molecule has 1 amide bonds. The number of hydrogen-bond donors (Lipinski definition) is 2. The number of thioether (sulfide) groups is 1. The van der Waals surface area contributed by atoms with Crippen LogP contribution in [0.25, 0.3) is 0 Å². The van der Waals surface area contributed by atoms with Crippen LogP contribution >= 0.6 is 11.8 Å². The number of hydrogen-bond acceptors (Lipinski definition) is 4. The standard InChI is InChI=1S/C21H28N2O3S2/c1-13(2)23-28(25,26)19-9-7-18(8-10-19)22-21(24)17(6)27-20-15(4)11-14(3)12-16(20)5/h7-13,17,23H,1-6H3,(H,22,24)/t17-/m0/s1. The van der Waals surface area contributed by atoms with Crippen molar-refractivity contribution in [2.24, 2.45) is 0 Å². The molecular weight excluding hydrogens is 392 g/mol. The predicted octanol–water partition coefficient (Wildman–Crippen LogP) is 4.42. The summed E-state index contributed by atoms with van der Waals surface area (Å²) in [5, 5.41) is 2.57. The van der Waals surface area contributed by atoms with Crippen LogP contribution in [0.1, 0.15) is 37.5 Å². The van der Waals surface area contributed by atoms with Gasteiger partial charge in [0.05, 0.1) is 10.1 Å². The molecule has 7 heteroatoms. The molecule has 0 heterocycles. The topological polar surface area (TPSA) is 75.3 Å². The van der Waals surface area contributed by atoms with E-state index in [-0.39, 0.29) is 22.1 Å². The van der Waals surface area contributed by atoms with Gasteiger partial charge >= 0.3 is 0 Å². The molecule has 28 heavy (non-hydrogen) atoms. The lowest BCUT2D eigenvalue weighted by molar-refractivity contribution is -0.115. The van der Waals surface area contributed by atoms with Crippen molar-refractivity contribution >= 4 is 33.4 Å². The Morgan fingerprint density at radius 2 is 1.50 bits per heavy atom. The first-order valence-electron chi connectivity index (χ1n) is 9.17. The number of nitrogens with one attached hydrogen (secondary N) is 2. The maximum Gasteiger partial charge on any atom is 0.240 e. The molecule has 0 radical (unpaired) electrons. The Hall–Kier alpha value is -1.83. The maximum absolute atomic E-state index is 12.6. The summed E-state index contributed by atoms with van der Waals surface area (Å²) in [6.07, 6.45) is 0. The molecule has 2 aromatic carbocycles. The molecule has 5 nitrogen and oxygen atoms in total. The fraction of sp³-hybridized carbons (Fsp3) is 0.381. The first kappa shape index (κ1) is 22.5. The number of carbonyl (C=O) groups excluding carboxylic acids is 1. The highest BCUT2D eigenvalue weighted by Crippen LogP contribution is 2.31. The summed E-state index contributed by atoms with van der Waals surface area (Å²) in [6, 6.07) is 10.2. The Bertz CT molecular complexity index is 929. The number of carbonyl (C=O) groups is 1. The third-order valence-corrected chi connectivity index (χ3v) is 7.21. The number of aryl methyl sites for hydroxylation is 3. The third kappa shape index (κ3) is 5.83. The Kier molecular flexibility index (Phi) is 7.31. The van der Waals surface area contributed by atoms with E-state index in [0.717, 1.165) is 16.0 Å². The normalized spacial score (nSPS) is 12.8. The van der Waals surface area contributed by atoms with Crippen molar-refractivity contribution in [1.82, 2.24) is 4.72 Å². The van der Waals surface area contributed by atoms with Crippen LogP contribution in [0.2, 0.25) is 0 Å². The van der Waals surface area contributed by atoms with Crippen LogP contribution in [-0.4, -0.2) is 25.6 Å². The predicted molar refractivity (Wildman–Crippen MR) is 117 cm³/mol. The van der Waals surface area contributed by atoms with Gasteiger partial charge in [-0.3, -0.25) is 4.79 Å². The molecule has 0 fully saturated rings. The molecule has 0 bridgehead atoms. The van der Waals surface area contributed by atoms with Crippen LogP contribution in [0.15, 0.2) is 46.2 Å². The van der Waals surface area contributed by atoms with Crippen LogP contribution in [0.4, 0.5) is 5.69 Å². The number of sulfonamides is 1. The molecule has 2 rings (SSSR count). The quantitative estimate of drug-likeness (QED) is 0.650. The van der Waals surface area contributed by atoms with Crippen LogP contribution < -0.4 is 10.0 Å². The maximum atomic E-state index is 12.6. The summed E-state index contributed by atoms with van der Waals surface area (Å²) < 4.78 is 26.9. The van der Waals surface area contributed by atoms with Gasteiger partial charge in [0.15, 0.2) is 0 Å². The third-order valence-electron chi connectivity index (χ3n) is 4.09. The molecule has 0 aliphatic heterocycles. The zero-order chi connectivity index (χ0) is 21.1. The zero-order valence-corrected chi connectivity index (χ0v) is 18.8. The van der Waals surface area contributed by atoms with Crippen LogP contribution in [-0.2, 0) is 14.8 Å². The van der Waals surface area contributed by atoms with Gasteiger partial charge in [0.1, 0.15) is 0 Å². The second-order valence-electron chi connectivity index (χ2n) is 7.28. The van der Waals surface area contributed by atoms with E-state index in [1.165, 1.54) is 29.5 Å². The number of amides is 1. The van der Waals surface area contributed by atoms with Gasteiger partial charge < -0.3 is 5.32 Å². The average Bonchev–Trinajstić information content (AvgIpc) is 2.57. The van der Waals surface area contributed by atoms with Gasteiger partial charge in [0, 0.05) is 16.6 Å². The molecule has 0 saturated heterocycles. The molecule has 1 atom stereocenters. The van der Waals surface area contributed by atoms with Crippen LogP contribution in [0.3, 0.4) is 0 Å². The van der Waals surface area contributed by atoms with Gasteiger partial charge in [-0.2, -0.15) is 0 Å². The van der Waals surface area contributed by atoms with E-state index in [1.807, 2.05) is 6.92 Å². The van der Waals surface area contributed by atoms with Crippen molar-refractivity contribution in [3.05, 3.63) is 53.1 Å². The fourth-order valence-corrected chi connectivity index (χ4v) is 5.18. The lowest BCUT2D eigenvalue weighted by Crippen LogP contribution is -2.30. The largest absolute Gasteiger partial charge is 0.325 e. The summed E-state index contributed by atoms with van der Waals surface area (Å²) in [4.78, 5) is 13.9. The van der Waals surface area contributed by atoms with E-state index < -0.39 is 10.0 Å². The Morgan fingerprint density at radius 1 is 0.964 bits per heavy atom. The molecular formula is C21H28N2O3S2. The van der Waals surface area contributed by atoms with Crippen LogP contribution in [0, 0.1) is 20.8 Å². The second kappa shape index (κ2) is 9.11. The SMILES string of the molecule is Cc1cc(C)c(S[C@@H](C)C(=O)Nc2ccc(S(=O)(=O)NC(C)C)cc2)c(C)c1. The van der Waals surface area contributed by atoms with Gasteiger partial charge in [0.2, 0.25) is 15.9 Å². The second-order valence-corrected chi connectivity index (χ2v) is 10.3. The van der Waals surface area contributed by atoms with E-state index in [0.29, 0.717) is 5.69 Å². The van der Waals surface area contributed by atoms with Crippen molar-refractivity contribution in [2.75, 3.05) is 5.32 Å². The summed E-state index contributed by atoms with van der Waals surface area (Å²) in [5.41, 5.74) is 4.10. The minimum atomic E-state index is -3.54. The average molecular weight is 421 g/mol. The highest BCUT2D eigenvalue weighted by molar-refractivity contribution is 8.00. The van der Waals surface area contributed by atoms with E-state index >= 15 is 0 Å². The number of anilines is 1. The molecule has 2 N–H and O–H groups in total. The van der Waals surface area contributed by atoms with Crippen molar-refractivity contribution in [3.63, 3.8) is 0 Å². The molecule has 0 saturated carbocycles. The van der Waals surface area contributed by atoms with Gasteiger partial charge in [-0.15, -0.1) is 11.8 Å². The molecule has 152 valence electrons. The molecule has 2 aromatic rings. The highest BCUT2D eigenvalue weighted by atomic mass is 32.2. The Labute approximate surface area is 172 Å². The first-order chi connectivity index (χ1) is 13.0. The van der Waals surface area contributed by atoms with Crippen molar-refractivity contribution in [3.8, 4) is 0 Å². The lowest BCUT2D eigenvalue weighted by atomic mass is 10.1. The lowest BCUT2D eigenvalue weighted by Gasteiger charge is -2.16. The van der Waals surface area contributed by atoms with Crippen molar-refractivity contribution in [2.45, 2.75) is 62.6 Å². The number of rotatable bonds is 7. The van der Waals surface area contributed by atoms with Gasteiger partial charge in [0.25, 0.3) is 0 Å². The molecule has 0 spiro atoms. The van der Waals surface area contributed by atoms with E-state index in [4.69, 9.17) is 0 Å². The van der Waals surface area contributed by atoms with Crippen molar-refractivity contribution < 1.29 is 13.2 Å². The Balaban J connectivity index is 2.07. The molecule has 0 aliphatic rings. The summed E-state index contributed by atoms with van der Waals surface area (Å²) in [6.45, 7) is 11.6. The molecule has 0 unspecified atom stereocenters. The van der Waals surface area contributed by atoms with Gasteiger partial charge in [-0.25, -0.2) is 13.1 Å². The molecule has 0 aromatic heterocycles. The van der Waals surface area contributed by atoms with Crippen LogP contribution in [0.5, 0.6) is 0 Å². The smallest absolute Gasteiger partial charge is 0.240 e. The van der Waals surface area contributed by atoms with E-state index in [1.54, 1.807) is 26.0 Å². The summed E-state index contributed by atoms with van der Waals surface area (Å²) in [5.74, 6) is -0.125. The first-order valence-corrected chi connectivity index (χ1v) is 11.5.